The van der Waals surface area contributed by atoms with Crippen molar-refractivity contribution in [3.05, 3.63) is 83.4 Å². The number of aryl methyl sites for hydroxylation is 1. The average Bonchev–Trinajstić information content (AvgIpc) is 2.66. The van der Waals surface area contributed by atoms with Crippen molar-refractivity contribution in [3.8, 4) is 22.6 Å². The average molecular weight is 398 g/mol. The second-order valence-electron chi connectivity index (χ2n) is 6.53. The Kier molecular flexibility index (Phi) is 6.20. The Hall–Kier alpha value is -2.59. The van der Waals surface area contributed by atoms with Crippen LogP contribution in [0.1, 0.15) is 16.7 Å². The number of phosphoric ester groups is 1. The van der Waals surface area contributed by atoms with Crippen molar-refractivity contribution in [2.45, 2.75) is 20.3 Å². The number of para-hydroxylation sites is 1. The predicted molar refractivity (Wildman–Crippen MR) is 110 cm³/mol. The number of ether oxygens (including phenoxy) is 1. The van der Waals surface area contributed by atoms with E-state index in [4.69, 9.17) is 9.26 Å². The molecule has 0 heterocycles. The topological polar surface area (TPSA) is 76.0 Å². The van der Waals surface area contributed by atoms with Crippen LogP contribution >= 0.6 is 7.82 Å². The van der Waals surface area contributed by atoms with Crippen LogP contribution in [0, 0.1) is 13.8 Å². The Morgan fingerprint density at radius 2 is 1.54 bits per heavy atom. The van der Waals surface area contributed by atoms with E-state index in [1.807, 2.05) is 73.7 Å². The van der Waals surface area contributed by atoms with Crippen molar-refractivity contribution in [1.29, 1.82) is 0 Å². The van der Waals surface area contributed by atoms with Crippen LogP contribution in [0.4, 0.5) is 0 Å². The predicted octanol–water partition coefficient (Wildman–Crippen LogP) is 5.06. The number of phosphoric acid groups is 1. The van der Waals surface area contributed by atoms with Crippen molar-refractivity contribution in [1.82, 2.24) is 0 Å². The fourth-order valence-electron chi connectivity index (χ4n) is 3.17. The molecule has 2 N–H and O–H groups in total. The fraction of sp³-hybridized carbons (Fsp3) is 0.182. The molecule has 6 heteroatoms. The van der Waals surface area contributed by atoms with Gasteiger partial charge in [0.1, 0.15) is 11.5 Å². The summed E-state index contributed by atoms with van der Waals surface area (Å²) in [4.78, 5) is 18.5. The van der Waals surface area contributed by atoms with Gasteiger partial charge in [-0.05, 0) is 53.8 Å². The molecular formula is C22H23O5P. The lowest BCUT2D eigenvalue weighted by Crippen LogP contribution is -2.03. The van der Waals surface area contributed by atoms with Gasteiger partial charge in [0, 0.05) is 6.42 Å². The number of benzene rings is 3. The molecule has 0 radical (unpaired) electrons. The highest BCUT2D eigenvalue weighted by molar-refractivity contribution is 7.46. The molecule has 0 unspecified atom stereocenters. The maximum absolute atomic E-state index is 11.4. The van der Waals surface area contributed by atoms with Gasteiger partial charge in [-0.2, -0.15) is 0 Å². The molecule has 3 rings (SSSR count). The summed E-state index contributed by atoms with van der Waals surface area (Å²) in [7, 11) is -4.64. The summed E-state index contributed by atoms with van der Waals surface area (Å²) in [6.45, 7) is 4.10. The first-order chi connectivity index (χ1) is 13.3. The number of hydrogen-bond acceptors (Lipinski definition) is 3. The van der Waals surface area contributed by atoms with Gasteiger partial charge < -0.3 is 9.26 Å². The van der Waals surface area contributed by atoms with Gasteiger partial charge in [0.05, 0.1) is 6.61 Å². The highest BCUT2D eigenvalue weighted by Gasteiger charge is 2.21. The third kappa shape index (κ3) is 5.02. The van der Waals surface area contributed by atoms with Gasteiger partial charge in [-0.25, -0.2) is 4.57 Å². The van der Waals surface area contributed by atoms with Gasteiger partial charge in [-0.1, -0.05) is 54.6 Å². The highest BCUT2D eigenvalue weighted by atomic mass is 31.2. The van der Waals surface area contributed by atoms with Gasteiger partial charge >= 0.3 is 7.82 Å². The van der Waals surface area contributed by atoms with Crippen LogP contribution in [0.25, 0.3) is 11.1 Å². The summed E-state index contributed by atoms with van der Waals surface area (Å²) in [5.41, 5.74) is 4.33. The molecule has 146 valence electrons. The standard InChI is InChI=1S/C22H23O5P/c1-16-12-13-20(17(2)22(16)27-28(23,24)25)21-11-7-6-8-18(21)14-15-26-19-9-4-3-5-10-19/h3-13H,14-15H2,1-2H3,(H2,23,24,25). The minimum atomic E-state index is -4.64. The van der Waals surface area contributed by atoms with E-state index in [-0.39, 0.29) is 5.75 Å². The van der Waals surface area contributed by atoms with Crippen LogP contribution < -0.4 is 9.26 Å². The van der Waals surface area contributed by atoms with E-state index in [1.54, 1.807) is 6.92 Å². The first kappa shape index (κ1) is 20.2. The molecule has 0 fully saturated rings. The summed E-state index contributed by atoms with van der Waals surface area (Å²) >= 11 is 0. The van der Waals surface area contributed by atoms with Crippen LogP contribution in [-0.4, -0.2) is 16.4 Å². The van der Waals surface area contributed by atoms with Gasteiger partial charge in [0.2, 0.25) is 0 Å². The Balaban J connectivity index is 1.88. The molecule has 0 saturated carbocycles. The maximum atomic E-state index is 11.4. The second-order valence-corrected chi connectivity index (χ2v) is 7.70. The summed E-state index contributed by atoms with van der Waals surface area (Å²) in [6, 6.07) is 21.4. The summed E-state index contributed by atoms with van der Waals surface area (Å²) in [5.74, 6) is 1.05. The molecule has 0 amide bonds. The molecule has 3 aromatic carbocycles. The SMILES string of the molecule is Cc1ccc(-c2ccccc2CCOc2ccccc2)c(C)c1OP(=O)(O)O. The van der Waals surface area contributed by atoms with Crippen LogP contribution in [0.3, 0.4) is 0 Å². The van der Waals surface area contributed by atoms with Gasteiger partial charge in [-0.3, -0.25) is 9.79 Å². The Morgan fingerprint density at radius 3 is 2.25 bits per heavy atom. The Morgan fingerprint density at radius 1 is 0.857 bits per heavy atom. The van der Waals surface area contributed by atoms with Crippen molar-refractivity contribution < 1.29 is 23.6 Å². The molecule has 5 nitrogen and oxygen atoms in total. The molecule has 0 aliphatic carbocycles. The van der Waals surface area contributed by atoms with E-state index in [2.05, 4.69) is 0 Å². The molecule has 0 aromatic heterocycles. The van der Waals surface area contributed by atoms with Crippen LogP contribution in [-0.2, 0) is 11.0 Å². The van der Waals surface area contributed by atoms with Crippen LogP contribution in [0.15, 0.2) is 66.7 Å². The largest absolute Gasteiger partial charge is 0.524 e. The molecular weight excluding hydrogens is 375 g/mol. The molecule has 3 aromatic rings. The second kappa shape index (κ2) is 8.61. The molecule has 0 bridgehead atoms. The van der Waals surface area contributed by atoms with E-state index in [9.17, 15) is 14.4 Å². The normalized spacial score (nSPS) is 11.3. The lowest BCUT2D eigenvalue weighted by Gasteiger charge is -2.18. The minimum absolute atomic E-state index is 0.223. The molecule has 0 saturated heterocycles. The van der Waals surface area contributed by atoms with Gasteiger partial charge in [-0.15, -0.1) is 0 Å². The third-order valence-electron chi connectivity index (χ3n) is 4.50. The van der Waals surface area contributed by atoms with Crippen molar-refractivity contribution in [3.63, 3.8) is 0 Å². The van der Waals surface area contributed by atoms with E-state index in [0.717, 1.165) is 22.4 Å². The summed E-state index contributed by atoms with van der Waals surface area (Å²) < 4.78 is 22.1. The van der Waals surface area contributed by atoms with Gasteiger partial charge in [0.25, 0.3) is 0 Å². The highest BCUT2D eigenvalue weighted by Crippen LogP contribution is 2.43. The Bertz CT molecular complexity index is 995. The monoisotopic (exact) mass is 398 g/mol. The van der Waals surface area contributed by atoms with Crippen molar-refractivity contribution in [2.24, 2.45) is 0 Å². The quantitative estimate of drug-likeness (QED) is 0.544. The first-order valence-electron chi connectivity index (χ1n) is 8.96. The van der Waals surface area contributed by atoms with E-state index in [1.165, 1.54) is 0 Å². The lowest BCUT2D eigenvalue weighted by atomic mass is 9.93. The minimum Gasteiger partial charge on any atom is -0.493 e. The number of hydrogen-bond donors (Lipinski definition) is 2. The molecule has 0 aliphatic heterocycles. The summed E-state index contributed by atoms with van der Waals surface area (Å²) in [5, 5.41) is 0. The van der Waals surface area contributed by atoms with Crippen LogP contribution in [0.5, 0.6) is 11.5 Å². The fourth-order valence-corrected chi connectivity index (χ4v) is 3.69. The van der Waals surface area contributed by atoms with Crippen LogP contribution in [0.2, 0.25) is 0 Å². The smallest absolute Gasteiger partial charge is 0.493 e. The molecule has 0 aliphatic rings. The maximum Gasteiger partial charge on any atom is 0.524 e. The van der Waals surface area contributed by atoms with Gasteiger partial charge in [0.15, 0.2) is 0 Å². The summed E-state index contributed by atoms with van der Waals surface area (Å²) in [6.07, 6.45) is 0.701. The van der Waals surface area contributed by atoms with E-state index < -0.39 is 7.82 Å². The lowest BCUT2D eigenvalue weighted by molar-refractivity contribution is 0.282. The molecule has 0 spiro atoms. The zero-order valence-electron chi connectivity index (χ0n) is 15.8. The molecule has 0 atom stereocenters. The third-order valence-corrected chi connectivity index (χ3v) is 4.92. The zero-order chi connectivity index (χ0) is 20.1. The molecule has 28 heavy (non-hydrogen) atoms. The first-order valence-corrected chi connectivity index (χ1v) is 10.5. The zero-order valence-corrected chi connectivity index (χ0v) is 16.7. The van der Waals surface area contributed by atoms with E-state index in [0.29, 0.717) is 24.2 Å². The Labute approximate surface area is 164 Å². The van der Waals surface area contributed by atoms with E-state index >= 15 is 0 Å². The van der Waals surface area contributed by atoms with Crippen molar-refractivity contribution >= 4 is 7.82 Å². The number of rotatable bonds is 7. The van der Waals surface area contributed by atoms with Crippen molar-refractivity contribution in [2.75, 3.05) is 6.61 Å².